The number of para-hydroxylation sites is 1. The molecule has 0 spiro atoms. The maximum Gasteiger partial charge on any atom is 0.339 e. The molecule has 0 aliphatic heterocycles. The summed E-state index contributed by atoms with van der Waals surface area (Å²) < 4.78 is 5.66. The summed E-state index contributed by atoms with van der Waals surface area (Å²) in [4.78, 5) is 11.6. The first kappa shape index (κ1) is 10.4. The third-order valence-corrected chi connectivity index (χ3v) is 2.30. The number of hydrogen-bond donors (Lipinski definition) is 0. The molecule has 4 heteroatoms. The standard InChI is InChI=1S/C12H11NO3/c1-2-16-12(14)10-7-8-13(15)11-6-4-3-5-9(10)11/h3-8H,2H2,1H3. The Kier molecular flexibility index (Phi) is 2.72. The second kappa shape index (κ2) is 4.18. The Morgan fingerprint density at radius 1 is 1.38 bits per heavy atom. The molecule has 1 heterocycles. The molecule has 0 bridgehead atoms. The van der Waals surface area contributed by atoms with Crippen LogP contribution in [0.2, 0.25) is 0 Å². The molecular formula is C12H11NO3. The quantitative estimate of drug-likeness (QED) is 0.436. The molecule has 4 nitrogen and oxygen atoms in total. The molecule has 16 heavy (non-hydrogen) atoms. The van der Waals surface area contributed by atoms with Crippen molar-refractivity contribution < 1.29 is 14.3 Å². The average Bonchev–Trinajstić information content (AvgIpc) is 2.30. The van der Waals surface area contributed by atoms with Gasteiger partial charge in [0.1, 0.15) is 0 Å². The van der Waals surface area contributed by atoms with E-state index in [1.807, 2.05) is 0 Å². The summed E-state index contributed by atoms with van der Waals surface area (Å²) >= 11 is 0. The third-order valence-electron chi connectivity index (χ3n) is 2.30. The van der Waals surface area contributed by atoms with Gasteiger partial charge in [0, 0.05) is 12.1 Å². The molecule has 0 fully saturated rings. The molecule has 82 valence electrons. The van der Waals surface area contributed by atoms with Crippen molar-refractivity contribution in [1.82, 2.24) is 0 Å². The minimum absolute atomic E-state index is 0.319. The molecule has 1 aromatic heterocycles. The van der Waals surface area contributed by atoms with Crippen LogP contribution in [0.15, 0.2) is 36.5 Å². The maximum atomic E-state index is 11.6. The fourth-order valence-corrected chi connectivity index (χ4v) is 1.59. The van der Waals surface area contributed by atoms with Gasteiger partial charge in [0.15, 0.2) is 6.20 Å². The van der Waals surface area contributed by atoms with Gasteiger partial charge in [-0.1, -0.05) is 12.1 Å². The fraction of sp³-hybridized carbons (Fsp3) is 0.167. The summed E-state index contributed by atoms with van der Waals surface area (Å²) in [5.41, 5.74) is 0.887. The second-order valence-corrected chi connectivity index (χ2v) is 3.29. The number of carbonyl (C=O) groups is 1. The number of fused-ring (bicyclic) bond motifs is 1. The van der Waals surface area contributed by atoms with Gasteiger partial charge in [0.05, 0.1) is 17.6 Å². The highest BCUT2D eigenvalue weighted by Gasteiger charge is 2.14. The first-order chi connectivity index (χ1) is 7.74. The van der Waals surface area contributed by atoms with E-state index in [9.17, 15) is 10.0 Å². The molecule has 0 unspecified atom stereocenters. The Morgan fingerprint density at radius 2 is 2.12 bits per heavy atom. The van der Waals surface area contributed by atoms with Crippen LogP contribution in [0.1, 0.15) is 17.3 Å². The number of ether oxygens (including phenoxy) is 1. The van der Waals surface area contributed by atoms with Crippen LogP contribution in [0.3, 0.4) is 0 Å². The van der Waals surface area contributed by atoms with Crippen molar-refractivity contribution >= 4 is 16.9 Å². The van der Waals surface area contributed by atoms with Crippen LogP contribution in [0.4, 0.5) is 0 Å². The normalized spacial score (nSPS) is 10.3. The Morgan fingerprint density at radius 3 is 2.88 bits per heavy atom. The molecule has 2 aromatic rings. The van der Waals surface area contributed by atoms with Crippen LogP contribution in [0, 0.1) is 5.21 Å². The van der Waals surface area contributed by atoms with E-state index < -0.39 is 5.97 Å². The van der Waals surface area contributed by atoms with E-state index in [0.717, 1.165) is 4.73 Å². The minimum Gasteiger partial charge on any atom is -0.618 e. The Balaban J connectivity index is 2.63. The molecule has 1 aromatic carbocycles. The zero-order chi connectivity index (χ0) is 11.5. The molecule has 0 N–H and O–H groups in total. The Hall–Kier alpha value is -2.10. The van der Waals surface area contributed by atoms with Gasteiger partial charge in [-0.15, -0.1) is 0 Å². The minimum atomic E-state index is -0.403. The molecule has 0 saturated heterocycles. The molecule has 0 aliphatic carbocycles. The second-order valence-electron chi connectivity index (χ2n) is 3.29. The lowest BCUT2D eigenvalue weighted by atomic mass is 10.1. The van der Waals surface area contributed by atoms with E-state index in [4.69, 9.17) is 4.74 Å². The number of pyridine rings is 1. The van der Waals surface area contributed by atoms with Crippen molar-refractivity contribution in [3.05, 3.63) is 47.3 Å². The van der Waals surface area contributed by atoms with E-state index in [1.54, 1.807) is 31.2 Å². The van der Waals surface area contributed by atoms with Gasteiger partial charge < -0.3 is 9.94 Å². The first-order valence-electron chi connectivity index (χ1n) is 5.02. The van der Waals surface area contributed by atoms with Crippen LogP contribution in [-0.2, 0) is 4.74 Å². The average molecular weight is 217 g/mol. The van der Waals surface area contributed by atoms with Crippen LogP contribution < -0.4 is 4.73 Å². The van der Waals surface area contributed by atoms with Gasteiger partial charge in [-0.3, -0.25) is 0 Å². The van der Waals surface area contributed by atoms with Gasteiger partial charge in [0.25, 0.3) is 0 Å². The first-order valence-corrected chi connectivity index (χ1v) is 5.02. The summed E-state index contributed by atoms with van der Waals surface area (Å²) in [5.74, 6) is -0.403. The van der Waals surface area contributed by atoms with Gasteiger partial charge in [-0.05, 0) is 13.0 Å². The number of esters is 1. The van der Waals surface area contributed by atoms with Crippen LogP contribution >= 0.6 is 0 Å². The lowest BCUT2D eigenvalue weighted by Gasteiger charge is -2.06. The van der Waals surface area contributed by atoms with Crippen molar-refractivity contribution in [2.24, 2.45) is 0 Å². The summed E-state index contributed by atoms with van der Waals surface area (Å²) in [6.07, 6.45) is 1.31. The van der Waals surface area contributed by atoms with Crippen molar-refractivity contribution in [2.75, 3.05) is 6.61 Å². The van der Waals surface area contributed by atoms with Crippen molar-refractivity contribution in [2.45, 2.75) is 6.92 Å². The monoisotopic (exact) mass is 217 g/mol. The molecule has 0 amide bonds. The van der Waals surface area contributed by atoms with E-state index in [2.05, 4.69) is 0 Å². The molecule has 2 rings (SSSR count). The van der Waals surface area contributed by atoms with Crippen LogP contribution in [0.5, 0.6) is 0 Å². The predicted molar refractivity (Wildman–Crippen MR) is 58.9 cm³/mol. The van der Waals surface area contributed by atoms with Crippen molar-refractivity contribution in [3.8, 4) is 0 Å². The van der Waals surface area contributed by atoms with E-state index >= 15 is 0 Å². The number of aromatic nitrogens is 1. The van der Waals surface area contributed by atoms with Crippen LogP contribution in [0.25, 0.3) is 10.9 Å². The van der Waals surface area contributed by atoms with Crippen molar-refractivity contribution in [3.63, 3.8) is 0 Å². The lowest BCUT2D eigenvalue weighted by molar-refractivity contribution is -0.577. The number of nitrogens with zero attached hydrogens (tertiary/aromatic N) is 1. The van der Waals surface area contributed by atoms with Gasteiger partial charge >= 0.3 is 5.97 Å². The fourth-order valence-electron chi connectivity index (χ4n) is 1.59. The predicted octanol–water partition coefficient (Wildman–Crippen LogP) is 1.65. The Bertz CT molecular complexity index is 537. The molecule has 0 aliphatic rings. The summed E-state index contributed by atoms with van der Waals surface area (Å²) in [7, 11) is 0. The Labute approximate surface area is 92.7 Å². The van der Waals surface area contributed by atoms with Gasteiger partial charge in [-0.25, -0.2) is 4.79 Å². The molecule has 0 radical (unpaired) electrons. The topological polar surface area (TPSA) is 53.2 Å². The third kappa shape index (κ3) is 1.69. The largest absolute Gasteiger partial charge is 0.618 e. The highest BCUT2D eigenvalue weighted by atomic mass is 16.5. The maximum absolute atomic E-state index is 11.6. The lowest BCUT2D eigenvalue weighted by Crippen LogP contribution is -2.27. The number of benzene rings is 1. The van der Waals surface area contributed by atoms with E-state index in [1.165, 1.54) is 12.3 Å². The molecule has 0 saturated carbocycles. The summed E-state index contributed by atoms with van der Waals surface area (Å²) in [6, 6.07) is 8.42. The van der Waals surface area contributed by atoms with Crippen molar-refractivity contribution in [1.29, 1.82) is 0 Å². The zero-order valence-electron chi connectivity index (χ0n) is 8.84. The molecular weight excluding hydrogens is 206 g/mol. The van der Waals surface area contributed by atoms with Gasteiger partial charge in [0.2, 0.25) is 5.52 Å². The van der Waals surface area contributed by atoms with E-state index in [-0.39, 0.29) is 0 Å². The SMILES string of the molecule is CCOC(=O)c1cc[n+]([O-])c2ccccc12. The number of hydrogen-bond acceptors (Lipinski definition) is 3. The van der Waals surface area contributed by atoms with Crippen LogP contribution in [-0.4, -0.2) is 12.6 Å². The zero-order valence-corrected chi connectivity index (χ0v) is 8.84. The summed E-state index contributed by atoms with van der Waals surface area (Å²) in [5, 5.41) is 12.1. The van der Waals surface area contributed by atoms with E-state index in [0.29, 0.717) is 23.1 Å². The molecule has 0 atom stereocenters. The number of rotatable bonds is 2. The number of carbonyl (C=O) groups excluding carboxylic acids is 1. The smallest absolute Gasteiger partial charge is 0.339 e. The highest BCUT2D eigenvalue weighted by molar-refractivity contribution is 6.02. The van der Waals surface area contributed by atoms with Gasteiger partial charge in [-0.2, -0.15) is 4.73 Å². The highest BCUT2D eigenvalue weighted by Crippen LogP contribution is 2.15. The summed E-state index contributed by atoms with van der Waals surface area (Å²) in [6.45, 7) is 2.07.